The Labute approximate surface area is 126 Å². The first kappa shape index (κ1) is 15.0. The summed E-state index contributed by atoms with van der Waals surface area (Å²) in [6, 6.07) is 4.92. The number of furan rings is 1. The number of piperidine rings is 1. The first-order chi connectivity index (χ1) is 10.2. The number of hydrogen-bond acceptors (Lipinski definition) is 5. The lowest BCUT2D eigenvalue weighted by molar-refractivity contribution is 0.0499. The molecule has 2 unspecified atom stereocenters. The zero-order chi connectivity index (χ0) is 14.7. The Hall–Kier alpha value is -0.880. The van der Waals surface area contributed by atoms with Crippen molar-refractivity contribution in [2.75, 3.05) is 39.3 Å². The molecule has 5 nitrogen and oxygen atoms in total. The minimum Gasteiger partial charge on any atom is -0.468 e. The number of likely N-dealkylation sites (tertiary alicyclic amines) is 1. The molecule has 5 heteroatoms. The zero-order valence-electron chi connectivity index (χ0n) is 12.9. The summed E-state index contributed by atoms with van der Waals surface area (Å²) in [4.78, 5) is 5.00. The Balaban J connectivity index is 1.67. The molecule has 2 aliphatic heterocycles. The molecule has 2 atom stereocenters. The Morgan fingerprint density at radius 3 is 2.86 bits per heavy atom. The van der Waals surface area contributed by atoms with Crippen molar-refractivity contribution in [3.05, 3.63) is 24.2 Å². The third-order valence-corrected chi connectivity index (χ3v) is 4.70. The largest absolute Gasteiger partial charge is 0.468 e. The Morgan fingerprint density at radius 1 is 1.38 bits per heavy atom. The zero-order valence-corrected chi connectivity index (χ0v) is 12.9. The van der Waals surface area contributed by atoms with Gasteiger partial charge in [-0.2, -0.15) is 0 Å². The van der Waals surface area contributed by atoms with Crippen LogP contribution in [-0.4, -0.2) is 66.3 Å². The highest BCUT2D eigenvalue weighted by molar-refractivity contribution is 5.06. The standard InChI is InChI=1S/C16H27N3O2/c1-13-11-19(9-6-17-13)15(16-3-2-10-21-16)12-18-7-4-14(20)5-8-18/h2-3,10,13-15,17,20H,4-9,11-12H2,1H3. The second-order valence-corrected chi connectivity index (χ2v) is 6.41. The molecule has 0 radical (unpaired) electrons. The van der Waals surface area contributed by atoms with Gasteiger partial charge in [-0.1, -0.05) is 0 Å². The lowest BCUT2D eigenvalue weighted by atomic mass is 10.0. The molecule has 1 aromatic rings. The van der Waals surface area contributed by atoms with E-state index >= 15 is 0 Å². The lowest BCUT2D eigenvalue weighted by Gasteiger charge is -2.40. The predicted molar refractivity (Wildman–Crippen MR) is 82.2 cm³/mol. The minimum absolute atomic E-state index is 0.109. The van der Waals surface area contributed by atoms with Crippen molar-refractivity contribution in [2.24, 2.45) is 0 Å². The summed E-state index contributed by atoms with van der Waals surface area (Å²) >= 11 is 0. The summed E-state index contributed by atoms with van der Waals surface area (Å²) in [6.07, 6.45) is 3.45. The smallest absolute Gasteiger partial charge is 0.122 e. The van der Waals surface area contributed by atoms with Crippen molar-refractivity contribution in [2.45, 2.75) is 38.0 Å². The molecule has 0 spiro atoms. The molecular weight excluding hydrogens is 266 g/mol. The molecule has 2 saturated heterocycles. The van der Waals surface area contributed by atoms with Crippen molar-refractivity contribution < 1.29 is 9.52 Å². The molecule has 0 aromatic carbocycles. The lowest BCUT2D eigenvalue weighted by Crippen LogP contribution is -2.52. The van der Waals surface area contributed by atoms with Crippen LogP contribution in [0.5, 0.6) is 0 Å². The number of aliphatic hydroxyl groups excluding tert-OH is 1. The highest BCUT2D eigenvalue weighted by Crippen LogP contribution is 2.25. The van der Waals surface area contributed by atoms with Gasteiger partial charge in [-0.3, -0.25) is 4.90 Å². The Kier molecular flexibility index (Phi) is 4.95. The second kappa shape index (κ2) is 6.92. The van der Waals surface area contributed by atoms with Crippen molar-refractivity contribution in [1.82, 2.24) is 15.1 Å². The second-order valence-electron chi connectivity index (χ2n) is 6.41. The predicted octanol–water partition coefficient (Wildman–Crippen LogP) is 1.07. The van der Waals surface area contributed by atoms with E-state index in [-0.39, 0.29) is 6.10 Å². The number of nitrogens with zero attached hydrogens (tertiary/aromatic N) is 2. The van der Waals surface area contributed by atoms with Gasteiger partial charge >= 0.3 is 0 Å². The van der Waals surface area contributed by atoms with Crippen LogP contribution in [0.2, 0.25) is 0 Å². The summed E-state index contributed by atoms with van der Waals surface area (Å²) in [5.74, 6) is 1.07. The van der Waals surface area contributed by atoms with Crippen molar-refractivity contribution in [3.8, 4) is 0 Å². The molecular formula is C16H27N3O2. The summed E-state index contributed by atoms with van der Waals surface area (Å²) in [7, 11) is 0. The minimum atomic E-state index is -0.109. The summed E-state index contributed by atoms with van der Waals surface area (Å²) in [5.41, 5.74) is 0. The van der Waals surface area contributed by atoms with E-state index in [0.29, 0.717) is 12.1 Å². The number of rotatable bonds is 4. The maximum absolute atomic E-state index is 9.66. The van der Waals surface area contributed by atoms with Crippen LogP contribution in [0.25, 0.3) is 0 Å². The van der Waals surface area contributed by atoms with E-state index in [1.807, 2.05) is 6.07 Å². The monoisotopic (exact) mass is 293 g/mol. The van der Waals surface area contributed by atoms with Gasteiger partial charge in [-0.15, -0.1) is 0 Å². The van der Waals surface area contributed by atoms with Gasteiger partial charge in [0.15, 0.2) is 0 Å². The van der Waals surface area contributed by atoms with Gasteiger partial charge in [-0.05, 0) is 31.9 Å². The van der Waals surface area contributed by atoms with Crippen LogP contribution in [0.4, 0.5) is 0 Å². The molecule has 0 amide bonds. The Bertz CT molecular complexity index is 415. The van der Waals surface area contributed by atoms with Gasteiger partial charge in [-0.25, -0.2) is 0 Å². The van der Waals surface area contributed by atoms with Crippen molar-refractivity contribution in [1.29, 1.82) is 0 Å². The molecule has 3 rings (SSSR count). The maximum Gasteiger partial charge on any atom is 0.122 e. The van der Waals surface area contributed by atoms with Gasteiger partial charge in [0.05, 0.1) is 18.4 Å². The normalized spacial score (nSPS) is 27.8. The van der Waals surface area contributed by atoms with Crippen LogP contribution in [0.15, 0.2) is 22.8 Å². The topological polar surface area (TPSA) is 51.9 Å². The average Bonchev–Trinajstić information content (AvgIpc) is 3.00. The van der Waals surface area contributed by atoms with E-state index in [2.05, 4.69) is 28.1 Å². The number of piperazine rings is 1. The molecule has 3 heterocycles. The fourth-order valence-corrected chi connectivity index (χ4v) is 3.46. The van der Waals surface area contributed by atoms with Gasteiger partial charge in [0.2, 0.25) is 0 Å². The number of nitrogens with one attached hydrogen (secondary N) is 1. The summed E-state index contributed by atoms with van der Waals surface area (Å²) in [5, 5.41) is 13.2. The molecule has 0 saturated carbocycles. The van der Waals surface area contributed by atoms with Crippen LogP contribution in [0.1, 0.15) is 31.6 Å². The van der Waals surface area contributed by atoms with E-state index in [1.165, 1.54) is 0 Å². The van der Waals surface area contributed by atoms with Crippen molar-refractivity contribution >= 4 is 0 Å². The molecule has 0 bridgehead atoms. The van der Waals surface area contributed by atoms with Crippen molar-refractivity contribution in [3.63, 3.8) is 0 Å². The van der Waals surface area contributed by atoms with E-state index in [9.17, 15) is 5.11 Å². The van der Waals surface area contributed by atoms with E-state index in [1.54, 1.807) is 6.26 Å². The van der Waals surface area contributed by atoms with Crippen LogP contribution in [-0.2, 0) is 0 Å². The van der Waals surface area contributed by atoms with Crippen LogP contribution >= 0.6 is 0 Å². The third-order valence-electron chi connectivity index (χ3n) is 4.70. The number of hydrogen-bond donors (Lipinski definition) is 2. The fraction of sp³-hybridized carbons (Fsp3) is 0.750. The summed E-state index contributed by atoms with van der Waals surface area (Å²) < 4.78 is 5.71. The SMILES string of the molecule is CC1CN(C(CN2CCC(O)CC2)c2ccco2)CCN1. The molecule has 2 N–H and O–H groups in total. The third kappa shape index (κ3) is 3.86. The highest BCUT2D eigenvalue weighted by atomic mass is 16.3. The summed E-state index contributed by atoms with van der Waals surface area (Å²) in [6.45, 7) is 8.36. The van der Waals surface area contributed by atoms with Gasteiger partial charge in [0.1, 0.15) is 5.76 Å². The first-order valence-electron chi connectivity index (χ1n) is 8.13. The van der Waals surface area contributed by atoms with E-state index < -0.39 is 0 Å². The molecule has 1 aromatic heterocycles. The molecule has 0 aliphatic carbocycles. The van der Waals surface area contributed by atoms with E-state index in [0.717, 1.165) is 57.9 Å². The Morgan fingerprint density at radius 2 is 2.19 bits per heavy atom. The van der Waals surface area contributed by atoms with Gasteiger partial charge in [0, 0.05) is 45.3 Å². The molecule has 2 fully saturated rings. The van der Waals surface area contributed by atoms with Crippen LogP contribution in [0.3, 0.4) is 0 Å². The van der Waals surface area contributed by atoms with E-state index in [4.69, 9.17) is 4.42 Å². The molecule has 21 heavy (non-hydrogen) atoms. The molecule has 2 aliphatic rings. The average molecular weight is 293 g/mol. The van der Waals surface area contributed by atoms with Gasteiger partial charge in [0.25, 0.3) is 0 Å². The first-order valence-corrected chi connectivity index (χ1v) is 8.13. The fourth-order valence-electron chi connectivity index (χ4n) is 3.46. The van der Waals surface area contributed by atoms with Crippen LogP contribution < -0.4 is 5.32 Å². The highest BCUT2D eigenvalue weighted by Gasteiger charge is 2.29. The molecule has 118 valence electrons. The quantitative estimate of drug-likeness (QED) is 0.870. The maximum atomic E-state index is 9.66. The van der Waals surface area contributed by atoms with Crippen LogP contribution in [0, 0.1) is 0 Å². The van der Waals surface area contributed by atoms with Gasteiger partial charge < -0.3 is 19.7 Å². The number of aliphatic hydroxyl groups is 1.